The smallest absolute Gasteiger partial charge is 0.163 e. The topological polar surface area (TPSA) is 35.5 Å². The summed E-state index contributed by atoms with van der Waals surface area (Å²) in [5.74, 6) is 0.869. The van der Waals surface area contributed by atoms with Gasteiger partial charge >= 0.3 is 0 Å². The van der Waals surface area contributed by atoms with Crippen LogP contribution >= 0.6 is 0 Å². The van der Waals surface area contributed by atoms with E-state index in [2.05, 4.69) is 6.58 Å². The van der Waals surface area contributed by atoms with Gasteiger partial charge in [-0.1, -0.05) is 30.9 Å². The van der Waals surface area contributed by atoms with Crippen LogP contribution in [0.3, 0.4) is 0 Å². The molecule has 3 nitrogen and oxygen atoms in total. The normalized spacial score (nSPS) is 11.6. The molecule has 1 rings (SSSR count). The number of hydrogen-bond donors (Lipinski definition) is 0. The minimum Gasteiger partial charge on any atom is -0.497 e. The summed E-state index contributed by atoms with van der Waals surface area (Å²) in [5, 5.41) is 0. The fraction of sp³-hybridized carbons (Fsp3) is 0.278. The number of allylic oxidation sites excluding steroid dienone is 4. The van der Waals surface area contributed by atoms with E-state index in [1.54, 1.807) is 44.6 Å². The van der Waals surface area contributed by atoms with E-state index in [0.717, 1.165) is 11.3 Å². The number of ether oxygens (including phenoxy) is 2. The molecule has 1 aromatic rings. The van der Waals surface area contributed by atoms with Crippen molar-refractivity contribution < 1.29 is 14.3 Å². The third kappa shape index (κ3) is 6.23. The Labute approximate surface area is 126 Å². The molecule has 0 fully saturated rings. The molecule has 0 radical (unpaired) electrons. The lowest BCUT2D eigenvalue weighted by Crippen LogP contribution is -1.99. The van der Waals surface area contributed by atoms with Crippen LogP contribution in [0.4, 0.5) is 0 Å². The molecule has 0 heterocycles. The van der Waals surface area contributed by atoms with E-state index < -0.39 is 0 Å². The summed E-state index contributed by atoms with van der Waals surface area (Å²) in [5.41, 5.74) is 1.76. The van der Waals surface area contributed by atoms with Crippen LogP contribution in [0, 0.1) is 0 Å². The van der Waals surface area contributed by atoms with Gasteiger partial charge < -0.3 is 9.47 Å². The van der Waals surface area contributed by atoms with Gasteiger partial charge in [-0.3, -0.25) is 4.79 Å². The van der Waals surface area contributed by atoms with Crippen molar-refractivity contribution in [2.24, 2.45) is 0 Å². The molecule has 0 bridgehead atoms. The third-order valence-electron chi connectivity index (χ3n) is 2.98. The van der Waals surface area contributed by atoms with Crippen LogP contribution in [-0.2, 0) is 4.74 Å². The molecule has 112 valence electrons. The van der Waals surface area contributed by atoms with Crippen molar-refractivity contribution in [1.29, 1.82) is 0 Å². The number of ketones is 1. The van der Waals surface area contributed by atoms with Gasteiger partial charge in [0, 0.05) is 19.1 Å². The lowest BCUT2D eigenvalue weighted by Gasteiger charge is -2.04. The van der Waals surface area contributed by atoms with Crippen molar-refractivity contribution in [3.8, 4) is 5.75 Å². The second-order valence-corrected chi connectivity index (χ2v) is 4.49. The van der Waals surface area contributed by atoms with Crippen LogP contribution in [0.1, 0.15) is 23.2 Å². The molecule has 1 aromatic carbocycles. The number of hydrogen-bond acceptors (Lipinski definition) is 3. The molecule has 0 N–H and O–H groups in total. The van der Waals surface area contributed by atoms with Gasteiger partial charge in [0.25, 0.3) is 0 Å². The molecule has 21 heavy (non-hydrogen) atoms. The Morgan fingerprint density at radius 2 is 1.90 bits per heavy atom. The molecule has 0 amide bonds. The van der Waals surface area contributed by atoms with Crippen molar-refractivity contribution in [2.45, 2.75) is 12.8 Å². The molecule has 0 spiro atoms. The van der Waals surface area contributed by atoms with Crippen molar-refractivity contribution in [2.75, 3.05) is 20.8 Å². The number of carbonyl (C=O) groups excluding carboxylic acids is 1. The highest BCUT2D eigenvalue weighted by molar-refractivity contribution is 5.96. The summed E-state index contributed by atoms with van der Waals surface area (Å²) in [7, 11) is 3.25. The first-order valence-corrected chi connectivity index (χ1v) is 6.85. The summed E-state index contributed by atoms with van der Waals surface area (Å²) in [6, 6.07) is 7.18. The van der Waals surface area contributed by atoms with Crippen LogP contribution in [0.15, 0.2) is 60.7 Å². The second-order valence-electron chi connectivity index (χ2n) is 4.49. The van der Waals surface area contributed by atoms with E-state index in [4.69, 9.17) is 9.47 Å². The molecular formula is C18H22O3. The van der Waals surface area contributed by atoms with Crippen LogP contribution < -0.4 is 4.74 Å². The zero-order valence-corrected chi connectivity index (χ0v) is 12.7. The van der Waals surface area contributed by atoms with Gasteiger partial charge in [0.2, 0.25) is 0 Å². The van der Waals surface area contributed by atoms with E-state index in [1.807, 2.05) is 18.2 Å². The number of Topliss-reactive ketones (excluding diaryl/α,β-unsaturated/α-hetero) is 1. The van der Waals surface area contributed by atoms with E-state index in [0.29, 0.717) is 25.0 Å². The fourth-order valence-electron chi connectivity index (χ4n) is 1.85. The Morgan fingerprint density at radius 3 is 2.48 bits per heavy atom. The maximum absolute atomic E-state index is 12.1. The van der Waals surface area contributed by atoms with Gasteiger partial charge in [-0.15, -0.1) is 0 Å². The summed E-state index contributed by atoms with van der Waals surface area (Å²) < 4.78 is 10.0. The van der Waals surface area contributed by atoms with Crippen LogP contribution in [0.25, 0.3) is 0 Å². The maximum atomic E-state index is 12.1. The van der Waals surface area contributed by atoms with Crippen molar-refractivity contribution in [3.63, 3.8) is 0 Å². The summed E-state index contributed by atoms with van der Waals surface area (Å²) in [6.45, 7) is 4.25. The van der Waals surface area contributed by atoms with E-state index in [9.17, 15) is 4.79 Å². The van der Waals surface area contributed by atoms with E-state index in [-0.39, 0.29) is 5.78 Å². The molecular weight excluding hydrogens is 264 g/mol. The highest BCUT2D eigenvalue weighted by Crippen LogP contribution is 2.15. The van der Waals surface area contributed by atoms with Crippen LogP contribution in [0.5, 0.6) is 5.75 Å². The first kappa shape index (κ1) is 16.9. The van der Waals surface area contributed by atoms with Gasteiger partial charge in [-0.2, -0.15) is 0 Å². The first-order valence-electron chi connectivity index (χ1n) is 6.85. The Bertz CT molecular complexity index is 510. The zero-order valence-electron chi connectivity index (χ0n) is 12.7. The Morgan fingerprint density at radius 1 is 1.19 bits per heavy atom. The number of rotatable bonds is 9. The summed E-state index contributed by atoms with van der Waals surface area (Å²) in [4.78, 5) is 12.1. The lowest BCUT2D eigenvalue weighted by molar-refractivity contribution is 0.0983. The molecule has 0 saturated heterocycles. The van der Waals surface area contributed by atoms with Crippen molar-refractivity contribution >= 4 is 5.78 Å². The third-order valence-corrected chi connectivity index (χ3v) is 2.98. The van der Waals surface area contributed by atoms with Gasteiger partial charge in [0.15, 0.2) is 5.78 Å². The molecule has 0 aliphatic heterocycles. The average molecular weight is 286 g/mol. The highest BCUT2D eigenvalue weighted by atomic mass is 16.5. The lowest BCUT2D eigenvalue weighted by atomic mass is 10.0. The van der Waals surface area contributed by atoms with Crippen molar-refractivity contribution in [1.82, 2.24) is 0 Å². The summed E-state index contributed by atoms with van der Waals surface area (Å²) >= 11 is 0. The molecule has 0 aliphatic rings. The standard InChI is InChI=1S/C18H22O3/c1-4-6-15(7-5-14-20-2)8-13-18(19)16-9-11-17(21-3)12-10-16/h4-7,9-12H,1,8,13-14H2,2-3H3/b7-5-,15-6+. The minimum atomic E-state index is 0.118. The Hall–Kier alpha value is -2.13. The van der Waals surface area contributed by atoms with Crippen molar-refractivity contribution in [3.05, 3.63) is 66.3 Å². The van der Waals surface area contributed by atoms with Crippen LogP contribution in [0.2, 0.25) is 0 Å². The number of carbonyl (C=O) groups is 1. The first-order chi connectivity index (χ1) is 10.2. The number of benzene rings is 1. The van der Waals surface area contributed by atoms with Gasteiger partial charge in [-0.05, 0) is 36.3 Å². The second kappa shape index (κ2) is 9.72. The van der Waals surface area contributed by atoms with Crippen LogP contribution in [-0.4, -0.2) is 26.6 Å². The largest absolute Gasteiger partial charge is 0.497 e. The number of methoxy groups -OCH3 is 2. The highest BCUT2D eigenvalue weighted by Gasteiger charge is 2.06. The maximum Gasteiger partial charge on any atom is 0.163 e. The van der Waals surface area contributed by atoms with Gasteiger partial charge in [0.05, 0.1) is 13.7 Å². The molecule has 0 saturated carbocycles. The fourth-order valence-corrected chi connectivity index (χ4v) is 1.85. The monoisotopic (exact) mass is 286 g/mol. The quantitative estimate of drug-likeness (QED) is 0.509. The predicted octanol–water partition coefficient (Wildman–Crippen LogP) is 3.97. The Balaban J connectivity index is 2.60. The molecule has 0 unspecified atom stereocenters. The van der Waals surface area contributed by atoms with E-state index >= 15 is 0 Å². The average Bonchev–Trinajstić information content (AvgIpc) is 2.52. The molecule has 0 aliphatic carbocycles. The van der Waals surface area contributed by atoms with E-state index in [1.165, 1.54) is 0 Å². The predicted molar refractivity (Wildman–Crippen MR) is 85.9 cm³/mol. The molecule has 3 heteroatoms. The van der Waals surface area contributed by atoms with Gasteiger partial charge in [-0.25, -0.2) is 0 Å². The molecule has 0 atom stereocenters. The SMILES string of the molecule is C=C/C=C(\C=C/COC)CCC(=O)c1ccc(OC)cc1. The van der Waals surface area contributed by atoms with Gasteiger partial charge in [0.1, 0.15) is 5.75 Å². The minimum absolute atomic E-state index is 0.118. The Kier molecular flexibility index (Phi) is 7.84. The summed E-state index contributed by atoms with van der Waals surface area (Å²) in [6.07, 6.45) is 8.66. The molecule has 0 aromatic heterocycles. The zero-order chi connectivity index (χ0) is 15.5.